The third kappa shape index (κ3) is 4.94. The number of likely N-dealkylation sites (tertiary alicyclic amines) is 1. The second-order valence-corrected chi connectivity index (χ2v) is 8.01. The van der Waals surface area contributed by atoms with Gasteiger partial charge in [-0.15, -0.1) is 0 Å². The fraction of sp³-hybridized carbons (Fsp3) is 0.364. The third-order valence-electron chi connectivity index (χ3n) is 4.93. The fourth-order valence-electron chi connectivity index (χ4n) is 3.47. The van der Waals surface area contributed by atoms with Crippen molar-refractivity contribution < 1.29 is 13.9 Å². The number of piperidine rings is 1. The minimum atomic E-state index is 0.139. The van der Waals surface area contributed by atoms with Gasteiger partial charge in [0.1, 0.15) is 5.52 Å². The summed E-state index contributed by atoms with van der Waals surface area (Å²) in [6, 6.07) is 17.8. The van der Waals surface area contributed by atoms with E-state index in [1.807, 2.05) is 47.4 Å². The normalized spacial score (nSPS) is 17.1. The highest BCUT2D eigenvalue weighted by atomic mass is 32.2. The van der Waals surface area contributed by atoms with Crippen LogP contribution >= 0.6 is 11.8 Å². The van der Waals surface area contributed by atoms with Gasteiger partial charge >= 0.3 is 0 Å². The van der Waals surface area contributed by atoms with Gasteiger partial charge in [0, 0.05) is 13.1 Å². The largest absolute Gasteiger partial charge is 0.431 e. The maximum Gasteiger partial charge on any atom is 0.257 e. The van der Waals surface area contributed by atoms with Crippen LogP contribution in [0.2, 0.25) is 0 Å². The van der Waals surface area contributed by atoms with Crippen LogP contribution in [0.15, 0.2) is 64.2 Å². The van der Waals surface area contributed by atoms with E-state index < -0.39 is 0 Å². The van der Waals surface area contributed by atoms with Gasteiger partial charge < -0.3 is 14.1 Å². The highest BCUT2D eigenvalue weighted by Crippen LogP contribution is 2.24. The second kappa shape index (κ2) is 9.26. The number of carbonyl (C=O) groups is 1. The lowest BCUT2D eigenvalue weighted by Gasteiger charge is -2.32. The number of ether oxygens (including phenoxy) is 1. The number of aromatic nitrogens is 1. The molecule has 6 heteroatoms. The monoisotopic (exact) mass is 396 g/mol. The summed E-state index contributed by atoms with van der Waals surface area (Å²) in [7, 11) is 0. The maximum absolute atomic E-state index is 12.6. The summed E-state index contributed by atoms with van der Waals surface area (Å²) in [5, 5.41) is 0.550. The number of thioether (sulfide) groups is 1. The molecule has 1 aliphatic rings. The molecule has 1 unspecified atom stereocenters. The van der Waals surface area contributed by atoms with Gasteiger partial charge in [-0.25, -0.2) is 4.98 Å². The van der Waals surface area contributed by atoms with Crippen molar-refractivity contribution in [3.63, 3.8) is 0 Å². The molecule has 1 fully saturated rings. The van der Waals surface area contributed by atoms with E-state index in [4.69, 9.17) is 9.15 Å². The molecule has 1 atom stereocenters. The molecule has 2 heterocycles. The Hall–Kier alpha value is -2.31. The van der Waals surface area contributed by atoms with Crippen molar-refractivity contribution in [3.8, 4) is 0 Å². The van der Waals surface area contributed by atoms with Crippen LogP contribution < -0.4 is 0 Å². The fourth-order valence-corrected chi connectivity index (χ4v) is 4.21. The number of fused-ring (bicyclic) bond motifs is 1. The van der Waals surface area contributed by atoms with Crippen molar-refractivity contribution in [1.29, 1.82) is 0 Å². The summed E-state index contributed by atoms with van der Waals surface area (Å²) in [4.78, 5) is 19.0. The maximum atomic E-state index is 12.6. The van der Waals surface area contributed by atoms with Crippen molar-refractivity contribution in [2.24, 2.45) is 5.92 Å². The summed E-state index contributed by atoms with van der Waals surface area (Å²) < 4.78 is 11.6. The van der Waals surface area contributed by atoms with E-state index in [0.29, 0.717) is 30.1 Å². The van der Waals surface area contributed by atoms with E-state index in [9.17, 15) is 4.79 Å². The first-order valence-electron chi connectivity index (χ1n) is 9.66. The van der Waals surface area contributed by atoms with Gasteiger partial charge in [0.25, 0.3) is 5.22 Å². The topological polar surface area (TPSA) is 55.6 Å². The Balaban J connectivity index is 1.23. The SMILES string of the molecule is O=C(CSc1nc2ccccc2o1)N1CCCC(COCc2ccccc2)C1. The zero-order valence-electron chi connectivity index (χ0n) is 15.8. The number of hydrogen-bond acceptors (Lipinski definition) is 5. The van der Waals surface area contributed by atoms with Crippen LogP contribution in [-0.4, -0.2) is 41.2 Å². The minimum absolute atomic E-state index is 0.139. The molecule has 0 N–H and O–H groups in total. The van der Waals surface area contributed by atoms with Crippen molar-refractivity contribution >= 4 is 28.8 Å². The van der Waals surface area contributed by atoms with Gasteiger partial charge in [0.15, 0.2) is 5.58 Å². The molecule has 2 aromatic carbocycles. The number of oxazole rings is 1. The number of hydrogen-bond donors (Lipinski definition) is 0. The Morgan fingerprint density at radius 3 is 2.86 bits per heavy atom. The zero-order valence-corrected chi connectivity index (χ0v) is 16.6. The number of amides is 1. The van der Waals surface area contributed by atoms with Crippen LogP contribution in [-0.2, 0) is 16.1 Å². The van der Waals surface area contributed by atoms with Gasteiger partial charge in [-0.1, -0.05) is 54.2 Å². The van der Waals surface area contributed by atoms with Gasteiger partial charge in [-0.05, 0) is 36.5 Å². The average molecular weight is 397 g/mol. The van der Waals surface area contributed by atoms with Crippen molar-refractivity contribution in [1.82, 2.24) is 9.88 Å². The molecule has 4 rings (SSSR count). The van der Waals surface area contributed by atoms with E-state index in [1.165, 1.54) is 17.3 Å². The van der Waals surface area contributed by atoms with E-state index in [0.717, 1.165) is 37.0 Å². The quantitative estimate of drug-likeness (QED) is 0.555. The first-order chi connectivity index (χ1) is 13.8. The Morgan fingerprint density at radius 2 is 2.00 bits per heavy atom. The van der Waals surface area contributed by atoms with Gasteiger partial charge in [-0.3, -0.25) is 4.79 Å². The van der Waals surface area contributed by atoms with Crippen LogP contribution in [0.25, 0.3) is 11.1 Å². The summed E-state index contributed by atoms with van der Waals surface area (Å²) in [6.45, 7) is 2.90. The van der Waals surface area contributed by atoms with Crippen molar-refractivity contribution in [3.05, 3.63) is 60.2 Å². The Bertz CT molecular complexity index is 879. The standard InChI is InChI=1S/C22H24N2O3S/c25-21(16-28-22-23-19-10-4-5-11-20(19)27-22)24-12-6-9-18(13-24)15-26-14-17-7-2-1-3-8-17/h1-5,7-8,10-11,18H,6,9,12-16H2. The Labute approximate surface area is 169 Å². The van der Waals surface area contributed by atoms with Crippen LogP contribution in [0.1, 0.15) is 18.4 Å². The summed E-state index contributed by atoms with van der Waals surface area (Å²) in [5.74, 6) is 0.889. The lowest BCUT2D eigenvalue weighted by molar-refractivity contribution is -0.130. The molecule has 0 bridgehead atoms. The summed E-state index contributed by atoms with van der Waals surface area (Å²) >= 11 is 1.36. The summed E-state index contributed by atoms with van der Waals surface area (Å²) in [5.41, 5.74) is 2.76. The van der Waals surface area contributed by atoms with Crippen LogP contribution in [0.3, 0.4) is 0 Å². The predicted octanol–water partition coefficient (Wildman–Crippen LogP) is 4.38. The van der Waals surface area contributed by atoms with Gasteiger partial charge in [-0.2, -0.15) is 0 Å². The van der Waals surface area contributed by atoms with E-state index >= 15 is 0 Å². The molecule has 3 aromatic rings. The molecule has 1 aromatic heterocycles. The molecule has 0 saturated carbocycles. The zero-order chi connectivity index (χ0) is 19.2. The van der Waals surface area contributed by atoms with Gasteiger partial charge in [0.2, 0.25) is 5.91 Å². The van der Waals surface area contributed by atoms with Crippen molar-refractivity contribution in [2.75, 3.05) is 25.4 Å². The predicted molar refractivity (Wildman–Crippen MR) is 110 cm³/mol. The molecule has 0 radical (unpaired) electrons. The van der Waals surface area contributed by atoms with E-state index in [2.05, 4.69) is 17.1 Å². The first kappa shape index (κ1) is 19.0. The molecule has 0 aliphatic carbocycles. The number of para-hydroxylation sites is 2. The first-order valence-corrected chi connectivity index (χ1v) is 10.6. The number of rotatable bonds is 7. The molecule has 0 spiro atoms. The number of benzene rings is 2. The molecular weight excluding hydrogens is 372 g/mol. The molecule has 1 amide bonds. The van der Waals surface area contributed by atoms with E-state index in [1.54, 1.807) is 0 Å². The van der Waals surface area contributed by atoms with Crippen molar-refractivity contribution in [2.45, 2.75) is 24.7 Å². The van der Waals surface area contributed by atoms with Crippen LogP contribution in [0, 0.1) is 5.92 Å². The third-order valence-corrected chi connectivity index (χ3v) is 5.74. The number of nitrogens with zero attached hydrogens (tertiary/aromatic N) is 2. The Morgan fingerprint density at radius 1 is 1.18 bits per heavy atom. The smallest absolute Gasteiger partial charge is 0.257 e. The second-order valence-electron chi connectivity index (χ2n) is 7.08. The van der Waals surface area contributed by atoms with Gasteiger partial charge in [0.05, 0.1) is 19.0 Å². The minimum Gasteiger partial charge on any atom is -0.431 e. The number of carbonyl (C=O) groups excluding carboxylic acids is 1. The highest BCUT2D eigenvalue weighted by molar-refractivity contribution is 7.99. The average Bonchev–Trinajstić information content (AvgIpc) is 3.16. The van der Waals surface area contributed by atoms with E-state index in [-0.39, 0.29) is 5.91 Å². The molecule has 1 saturated heterocycles. The molecule has 28 heavy (non-hydrogen) atoms. The molecule has 1 aliphatic heterocycles. The van der Waals surface area contributed by atoms with Crippen LogP contribution in [0.5, 0.6) is 0 Å². The summed E-state index contributed by atoms with van der Waals surface area (Å²) in [6.07, 6.45) is 2.13. The molecule has 146 valence electrons. The molecular formula is C22H24N2O3S. The highest BCUT2D eigenvalue weighted by Gasteiger charge is 2.24. The molecule has 5 nitrogen and oxygen atoms in total. The lowest BCUT2D eigenvalue weighted by Crippen LogP contribution is -2.42. The lowest BCUT2D eigenvalue weighted by atomic mass is 9.99. The van der Waals surface area contributed by atoms with Crippen LogP contribution in [0.4, 0.5) is 0 Å². The Kier molecular flexibility index (Phi) is 6.29.